The van der Waals surface area contributed by atoms with Gasteiger partial charge in [0.25, 0.3) is 0 Å². The first-order valence-electron chi connectivity index (χ1n) is 6.71. The van der Waals surface area contributed by atoms with E-state index in [9.17, 15) is 0 Å². The molecule has 1 atom stereocenters. The Balaban J connectivity index is 2.34. The first kappa shape index (κ1) is 15.0. The minimum atomic E-state index is 0.102. The molecular weight excluding hydrogens is 226 g/mol. The van der Waals surface area contributed by atoms with Crippen LogP contribution in [-0.4, -0.2) is 25.9 Å². The minimum Gasteiger partial charge on any atom is -0.493 e. The lowest BCUT2D eigenvalue weighted by Gasteiger charge is -2.15. The van der Waals surface area contributed by atoms with E-state index in [-0.39, 0.29) is 6.10 Å². The normalized spacial score (nSPS) is 12.7. The Morgan fingerprint density at radius 1 is 1.17 bits per heavy atom. The molecule has 3 nitrogen and oxygen atoms in total. The summed E-state index contributed by atoms with van der Waals surface area (Å²) in [6.07, 6.45) is 0.931. The molecule has 102 valence electrons. The summed E-state index contributed by atoms with van der Waals surface area (Å²) in [6, 6.07) is 8.27. The molecule has 18 heavy (non-hydrogen) atoms. The summed E-state index contributed by atoms with van der Waals surface area (Å²) < 4.78 is 11.2. The largest absolute Gasteiger partial charge is 0.493 e. The SMILES string of the molecule is CCOC(CN)CCOc1ccc(C(C)C)cc1. The molecule has 1 aromatic rings. The van der Waals surface area contributed by atoms with Crippen molar-refractivity contribution in [3.63, 3.8) is 0 Å². The lowest BCUT2D eigenvalue weighted by molar-refractivity contribution is 0.0527. The fourth-order valence-electron chi connectivity index (χ4n) is 1.76. The molecule has 1 aromatic carbocycles. The fraction of sp³-hybridized carbons (Fsp3) is 0.600. The summed E-state index contributed by atoms with van der Waals surface area (Å²) in [7, 11) is 0. The fourth-order valence-corrected chi connectivity index (χ4v) is 1.76. The van der Waals surface area contributed by atoms with Crippen LogP contribution in [0.3, 0.4) is 0 Å². The third kappa shape index (κ3) is 5.07. The van der Waals surface area contributed by atoms with Gasteiger partial charge in [-0.3, -0.25) is 0 Å². The Bertz CT molecular complexity index is 322. The number of hydrogen-bond donors (Lipinski definition) is 1. The van der Waals surface area contributed by atoms with Gasteiger partial charge in [0.15, 0.2) is 0 Å². The monoisotopic (exact) mass is 251 g/mol. The summed E-state index contributed by atoms with van der Waals surface area (Å²) in [5, 5.41) is 0. The molecule has 0 aromatic heterocycles. The molecule has 0 aliphatic carbocycles. The van der Waals surface area contributed by atoms with Crippen LogP contribution >= 0.6 is 0 Å². The standard InChI is InChI=1S/C15H25NO2/c1-4-17-15(11-16)9-10-18-14-7-5-13(6-8-14)12(2)3/h5-8,12,15H,4,9-11,16H2,1-3H3. The van der Waals surface area contributed by atoms with Gasteiger partial charge < -0.3 is 15.2 Å². The predicted molar refractivity (Wildman–Crippen MR) is 75.1 cm³/mol. The molecule has 0 aliphatic rings. The Morgan fingerprint density at radius 3 is 2.33 bits per heavy atom. The van der Waals surface area contributed by atoms with E-state index in [4.69, 9.17) is 15.2 Å². The average molecular weight is 251 g/mol. The smallest absolute Gasteiger partial charge is 0.119 e. The lowest BCUT2D eigenvalue weighted by atomic mass is 10.0. The van der Waals surface area contributed by atoms with Crippen molar-refractivity contribution in [1.82, 2.24) is 0 Å². The third-order valence-corrected chi connectivity index (χ3v) is 2.92. The van der Waals surface area contributed by atoms with E-state index in [2.05, 4.69) is 26.0 Å². The zero-order valence-electron chi connectivity index (χ0n) is 11.7. The van der Waals surface area contributed by atoms with Crippen molar-refractivity contribution in [3.05, 3.63) is 29.8 Å². The second-order valence-electron chi connectivity index (χ2n) is 4.67. The van der Waals surface area contributed by atoms with Crippen molar-refractivity contribution in [2.24, 2.45) is 5.73 Å². The molecule has 0 saturated heterocycles. The zero-order valence-corrected chi connectivity index (χ0v) is 11.7. The van der Waals surface area contributed by atoms with Crippen LogP contribution in [0.4, 0.5) is 0 Å². The van der Waals surface area contributed by atoms with Crippen LogP contribution in [-0.2, 0) is 4.74 Å². The van der Waals surface area contributed by atoms with Crippen LogP contribution in [0.15, 0.2) is 24.3 Å². The maximum Gasteiger partial charge on any atom is 0.119 e. The Kier molecular flexibility index (Phi) is 6.76. The number of hydrogen-bond acceptors (Lipinski definition) is 3. The predicted octanol–water partition coefficient (Wildman–Crippen LogP) is 2.94. The summed E-state index contributed by atoms with van der Waals surface area (Å²) in [5.41, 5.74) is 6.94. The van der Waals surface area contributed by atoms with Gasteiger partial charge in [0.2, 0.25) is 0 Å². The molecule has 2 N–H and O–H groups in total. The minimum absolute atomic E-state index is 0.102. The zero-order chi connectivity index (χ0) is 13.4. The van der Waals surface area contributed by atoms with Gasteiger partial charge in [0, 0.05) is 19.6 Å². The molecule has 0 amide bonds. The van der Waals surface area contributed by atoms with Crippen molar-refractivity contribution >= 4 is 0 Å². The number of rotatable bonds is 8. The Labute approximate surface area is 110 Å². The molecule has 0 fully saturated rings. The van der Waals surface area contributed by atoms with Gasteiger partial charge >= 0.3 is 0 Å². The van der Waals surface area contributed by atoms with Crippen LogP contribution in [0, 0.1) is 0 Å². The van der Waals surface area contributed by atoms with E-state index in [1.165, 1.54) is 5.56 Å². The second-order valence-corrected chi connectivity index (χ2v) is 4.67. The number of nitrogens with two attached hydrogens (primary N) is 1. The molecule has 0 radical (unpaired) electrons. The maximum absolute atomic E-state index is 5.68. The molecule has 0 saturated carbocycles. The van der Waals surface area contributed by atoms with Crippen LogP contribution < -0.4 is 10.5 Å². The van der Waals surface area contributed by atoms with Crippen LogP contribution in [0.25, 0.3) is 0 Å². The first-order valence-corrected chi connectivity index (χ1v) is 6.71. The summed E-state index contributed by atoms with van der Waals surface area (Å²) in [6.45, 7) is 8.24. The van der Waals surface area contributed by atoms with Crippen molar-refractivity contribution < 1.29 is 9.47 Å². The highest BCUT2D eigenvalue weighted by molar-refractivity contribution is 5.28. The first-order chi connectivity index (χ1) is 8.67. The Hall–Kier alpha value is -1.06. The number of benzene rings is 1. The van der Waals surface area contributed by atoms with Gasteiger partial charge in [0.05, 0.1) is 12.7 Å². The van der Waals surface area contributed by atoms with E-state index >= 15 is 0 Å². The molecule has 1 rings (SSSR count). The summed E-state index contributed by atoms with van der Waals surface area (Å²) in [5.74, 6) is 1.46. The van der Waals surface area contributed by atoms with Crippen LogP contribution in [0.5, 0.6) is 5.75 Å². The molecule has 1 unspecified atom stereocenters. The molecule has 0 spiro atoms. The van der Waals surface area contributed by atoms with E-state index in [1.54, 1.807) is 0 Å². The highest BCUT2D eigenvalue weighted by Gasteiger charge is 2.06. The van der Waals surface area contributed by atoms with Crippen molar-refractivity contribution in [2.45, 2.75) is 39.2 Å². The molecule has 0 aliphatic heterocycles. The van der Waals surface area contributed by atoms with Gasteiger partial charge in [0.1, 0.15) is 5.75 Å². The maximum atomic E-state index is 5.68. The van der Waals surface area contributed by atoms with E-state index < -0.39 is 0 Å². The van der Waals surface area contributed by atoms with E-state index in [0.717, 1.165) is 12.2 Å². The molecular formula is C15H25NO2. The van der Waals surface area contributed by atoms with Crippen LogP contribution in [0.1, 0.15) is 38.7 Å². The van der Waals surface area contributed by atoms with E-state index in [1.807, 2.05) is 19.1 Å². The van der Waals surface area contributed by atoms with Gasteiger partial charge in [-0.15, -0.1) is 0 Å². The lowest BCUT2D eigenvalue weighted by Crippen LogP contribution is -2.25. The topological polar surface area (TPSA) is 44.5 Å². The average Bonchev–Trinajstić information content (AvgIpc) is 2.38. The number of ether oxygens (including phenoxy) is 2. The highest BCUT2D eigenvalue weighted by Crippen LogP contribution is 2.18. The Morgan fingerprint density at radius 2 is 1.83 bits per heavy atom. The molecule has 0 heterocycles. The van der Waals surface area contributed by atoms with Gasteiger partial charge in [-0.1, -0.05) is 26.0 Å². The van der Waals surface area contributed by atoms with Crippen molar-refractivity contribution in [2.75, 3.05) is 19.8 Å². The van der Waals surface area contributed by atoms with Crippen molar-refractivity contribution in [1.29, 1.82) is 0 Å². The van der Waals surface area contributed by atoms with Crippen LogP contribution in [0.2, 0.25) is 0 Å². The summed E-state index contributed by atoms with van der Waals surface area (Å²) in [4.78, 5) is 0. The van der Waals surface area contributed by atoms with Gasteiger partial charge in [-0.25, -0.2) is 0 Å². The van der Waals surface area contributed by atoms with Gasteiger partial charge in [-0.2, -0.15) is 0 Å². The highest BCUT2D eigenvalue weighted by atomic mass is 16.5. The van der Waals surface area contributed by atoms with E-state index in [0.29, 0.717) is 25.7 Å². The summed E-state index contributed by atoms with van der Waals surface area (Å²) >= 11 is 0. The molecule has 0 bridgehead atoms. The van der Waals surface area contributed by atoms with Crippen molar-refractivity contribution in [3.8, 4) is 5.75 Å². The second kappa shape index (κ2) is 8.11. The molecule has 3 heteroatoms. The quantitative estimate of drug-likeness (QED) is 0.772. The van der Waals surface area contributed by atoms with Gasteiger partial charge in [-0.05, 0) is 30.5 Å². The third-order valence-electron chi connectivity index (χ3n) is 2.92.